The summed E-state index contributed by atoms with van der Waals surface area (Å²) < 4.78 is 5.32. The summed E-state index contributed by atoms with van der Waals surface area (Å²) in [6, 6.07) is 1.36. The molecule has 3 heteroatoms. The minimum absolute atomic E-state index is 0.537. The van der Waals surface area contributed by atoms with Gasteiger partial charge in [-0.15, -0.1) is 0 Å². The van der Waals surface area contributed by atoms with Crippen molar-refractivity contribution in [2.24, 2.45) is 5.92 Å². The minimum Gasteiger partial charge on any atom is -0.383 e. The van der Waals surface area contributed by atoms with E-state index in [1.807, 2.05) is 7.05 Å². The van der Waals surface area contributed by atoms with E-state index in [0.29, 0.717) is 6.04 Å². The lowest BCUT2D eigenvalue weighted by Crippen LogP contribution is -2.47. The largest absolute Gasteiger partial charge is 0.383 e. The Labute approximate surface area is 94.2 Å². The average molecular weight is 214 g/mol. The predicted molar refractivity (Wildman–Crippen MR) is 64.2 cm³/mol. The number of nitrogens with zero attached hydrogens (tertiary/aromatic N) is 1. The molecule has 15 heavy (non-hydrogen) atoms. The zero-order chi connectivity index (χ0) is 11.3. The molecule has 1 fully saturated rings. The first-order chi connectivity index (χ1) is 7.19. The van der Waals surface area contributed by atoms with E-state index in [4.69, 9.17) is 4.74 Å². The Morgan fingerprint density at radius 2 is 2.07 bits per heavy atom. The van der Waals surface area contributed by atoms with Crippen LogP contribution in [0.5, 0.6) is 0 Å². The molecule has 0 amide bonds. The normalized spacial score (nSPS) is 18.8. The molecular weight excluding hydrogens is 188 g/mol. The molecule has 1 rings (SSSR count). The lowest BCUT2D eigenvalue weighted by molar-refractivity contribution is 0.0770. The topological polar surface area (TPSA) is 24.5 Å². The molecule has 0 aromatic carbocycles. The van der Waals surface area contributed by atoms with E-state index in [1.54, 1.807) is 7.11 Å². The lowest BCUT2D eigenvalue weighted by atomic mass is 10.1. The maximum absolute atomic E-state index is 5.32. The molecule has 1 saturated carbocycles. The van der Waals surface area contributed by atoms with Crippen LogP contribution in [-0.4, -0.2) is 50.8 Å². The maximum Gasteiger partial charge on any atom is 0.0630 e. The highest BCUT2D eigenvalue weighted by atomic mass is 16.5. The Hall–Kier alpha value is -0.120. The zero-order valence-electron chi connectivity index (χ0n) is 10.6. The van der Waals surface area contributed by atoms with E-state index < -0.39 is 0 Å². The van der Waals surface area contributed by atoms with Gasteiger partial charge < -0.3 is 10.1 Å². The summed E-state index contributed by atoms with van der Waals surface area (Å²) in [4.78, 5) is 2.63. The summed E-state index contributed by atoms with van der Waals surface area (Å²) in [6.45, 7) is 7.64. The van der Waals surface area contributed by atoms with E-state index in [0.717, 1.165) is 25.1 Å². The number of hydrogen-bond donors (Lipinski definition) is 1. The van der Waals surface area contributed by atoms with Gasteiger partial charge in [-0.1, -0.05) is 13.8 Å². The van der Waals surface area contributed by atoms with Crippen molar-refractivity contribution >= 4 is 0 Å². The molecule has 0 saturated heterocycles. The van der Waals surface area contributed by atoms with Crippen molar-refractivity contribution < 1.29 is 4.74 Å². The molecule has 1 atom stereocenters. The first-order valence-corrected chi connectivity index (χ1v) is 6.08. The van der Waals surface area contributed by atoms with Gasteiger partial charge in [0.1, 0.15) is 0 Å². The van der Waals surface area contributed by atoms with Gasteiger partial charge in [-0.2, -0.15) is 0 Å². The standard InChI is InChI=1S/C12H26N2O/c1-10(2)8-14(11-5-6-11)12(7-13-3)9-15-4/h10-13H,5-9H2,1-4H3. The maximum atomic E-state index is 5.32. The van der Waals surface area contributed by atoms with Gasteiger partial charge >= 0.3 is 0 Å². The van der Waals surface area contributed by atoms with Gasteiger partial charge in [0.2, 0.25) is 0 Å². The van der Waals surface area contributed by atoms with Crippen molar-refractivity contribution in [2.45, 2.75) is 38.8 Å². The SMILES string of the molecule is CNCC(COC)N(CC(C)C)C1CC1. The van der Waals surface area contributed by atoms with Crippen molar-refractivity contribution in [1.29, 1.82) is 0 Å². The summed E-state index contributed by atoms with van der Waals surface area (Å²) in [6.07, 6.45) is 2.74. The number of hydrogen-bond acceptors (Lipinski definition) is 3. The molecule has 0 spiro atoms. The number of ether oxygens (including phenoxy) is 1. The van der Waals surface area contributed by atoms with Gasteiger partial charge in [-0.3, -0.25) is 4.90 Å². The van der Waals surface area contributed by atoms with Crippen LogP contribution in [0.25, 0.3) is 0 Å². The first kappa shape index (κ1) is 12.9. The Morgan fingerprint density at radius 1 is 1.40 bits per heavy atom. The number of likely N-dealkylation sites (N-methyl/N-ethyl adjacent to an activating group) is 1. The van der Waals surface area contributed by atoms with Gasteiger partial charge in [0.25, 0.3) is 0 Å². The number of rotatable bonds is 8. The smallest absolute Gasteiger partial charge is 0.0630 e. The molecule has 0 aromatic heterocycles. The van der Waals surface area contributed by atoms with Crippen LogP contribution in [-0.2, 0) is 4.74 Å². The Kier molecular flexibility index (Phi) is 5.58. The second kappa shape index (κ2) is 6.46. The number of nitrogens with one attached hydrogen (secondary N) is 1. The molecule has 0 bridgehead atoms. The summed E-state index contributed by atoms with van der Waals surface area (Å²) in [7, 11) is 3.81. The molecule has 1 aliphatic carbocycles. The molecule has 0 heterocycles. The van der Waals surface area contributed by atoms with Crippen molar-refractivity contribution in [2.75, 3.05) is 33.9 Å². The second-order valence-corrected chi connectivity index (χ2v) is 4.99. The third-order valence-corrected chi connectivity index (χ3v) is 2.86. The molecule has 0 aromatic rings. The second-order valence-electron chi connectivity index (χ2n) is 4.99. The monoisotopic (exact) mass is 214 g/mol. The van der Waals surface area contributed by atoms with E-state index in [-0.39, 0.29) is 0 Å². The fourth-order valence-electron chi connectivity index (χ4n) is 2.12. The van der Waals surface area contributed by atoms with Gasteiger partial charge in [0, 0.05) is 32.3 Å². The van der Waals surface area contributed by atoms with E-state index >= 15 is 0 Å². The van der Waals surface area contributed by atoms with E-state index in [1.165, 1.54) is 19.4 Å². The van der Waals surface area contributed by atoms with Crippen LogP contribution in [0, 0.1) is 5.92 Å². The molecule has 1 aliphatic rings. The quantitative estimate of drug-likeness (QED) is 0.660. The first-order valence-electron chi connectivity index (χ1n) is 6.08. The van der Waals surface area contributed by atoms with Crippen molar-refractivity contribution in [3.63, 3.8) is 0 Å². The highest BCUT2D eigenvalue weighted by molar-refractivity contribution is 4.89. The van der Waals surface area contributed by atoms with Crippen LogP contribution in [0.2, 0.25) is 0 Å². The Balaban J connectivity index is 2.48. The summed E-state index contributed by atoms with van der Waals surface area (Å²) in [5.74, 6) is 0.738. The fourth-order valence-corrected chi connectivity index (χ4v) is 2.12. The molecule has 0 radical (unpaired) electrons. The van der Waals surface area contributed by atoms with Crippen LogP contribution in [0.4, 0.5) is 0 Å². The molecular formula is C12H26N2O. The molecule has 0 aliphatic heterocycles. The fraction of sp³-hybridized carbons (Fsp3) is 1.00. The summed E-state index contributed by atoms with van der Waals surface area (Å²) in [5, 5.41) is 3.27. The summed E-state index contributed by atoms with van der Waals surface area (Å²) in [5.41, 5.74) is 0. The van der Waals surface area contributed by atoms with Gasteiger partial charge in [0.15, 0.2) is 0 Å². The van der Waals surface area contributed by atoms with Gasteiger partial charge in [-0.25, -0.2) is 0 Å². The third-order valence-electron chi connectivity index (χ3n) is 2.86. The zero-order valence-corrected chi connectivity index (χ0v) is 10.6. The van der Waals surface area contributed by atoms with Crippen molar-refractivity contribution in [3.8, 4) is 0 Å². The third kappa shape index (κ3) is 4.49. The number of methoxy groups -OCH3 is 1. The Bertz CT molecular complexity index is 163. The van der Waals surface area contributed by atoms with Crippen LogP contribution in [0.15, 0.2) is 0 Å². The van der Waals surface area contributed by atoms with Crippen molar-refractivity contribution in [1.82, 2.24) is 10.2 Å². The molecule has 1 N–H and O–H groups in total. The predicted octanol–water partition coefficient (Wildman–Crippen LogP) is 1.34. The lowest BCUT2D eigenvalue weighted by Gasteiger charge is -2.32. The van der Waals surface area contributed by atoms with E-state index in [9.17, 15) is 0 Å². The van der Waals surface area contributed by atoms with Crippen LogP contribution < -0.4 is 5.32 Å². The highest BCUT2D eigenvalue weighted by Gasteiger charge is 2.33. The minimum atomic E-state index is 0.537. The van der Waals surface area contributed by atoms with Gasteiger partial charge in [-0.05, 0) is 25.8 Å². The van der Waals surface area contributed by atoms with Gasteiger partial charge in [0.05, 0.1) is 6.61 Å². The molecule has 3 nitrogen and oxygen atoms in total. The van der Waals surface area contributed by atoms with Crippen LogP contribution in [0.1, 0.15) is 26.7 Å². The van der Waals surface area contributed by atoms with E-state index in [2.05, 4.69) is 24.1 Å². The molecule has 90 valence electrons. The Morgan fingerprint density at radius 3 is 2.47 bits per heavy atom. The van der Waals surface area contributed by atoms with Crippen LogP contribution >= 0.6 is 0 Å². The highest BCUT2D eigenvalue weighted by Crippen LogP contribution is 2.29. The summed E-state index contributed by atoms with van der Waals surface area (Å²) >= 11 is 0. The van der Waals surface area contributed by atoms with Crippen LogP contribution in [0.3, 0.4) is 0 Å². The average Bonchev–Trinajstić information content (AvgIpc) is 2.97. The van der Waals surface area contributed by atoms with Crippen molar-refractivity contribution in [3.05, 3.63) is 0 Å². The molecule has 1 unspecified atom stereocenters.